The lowest BCUT2D eigenvalue weighted by molar-refractivity contribution is -0.139. The number of allylic oxidation sites excluding steroid dienone is 1. The minimum Gasteiger partial charge on any atom is -0.508 e. The number of aromatic hydroxyl groups is 1. The molecule has 2 heterocycles. The number of esters is 1. The minimum atomic E-state index is -0.827. The highest BCUT2D eigenvalue weighted by Crippen LogP contribution is 2.31. The molecule has 0 unspecified atom stereocenters. The summed E-state index contributed by atoms with van der Waals surface area (Å²) in [4.78, 5) is 31.8. The number of aromatic nitrogens is 1. The molecule has 0 radical (unpaired) electrons. The van der Waals surface area contributed by atoms with Gasteiger partial charge in [-0.05, 0) is 67.4 Å². The van der Waals surface area contributed by atoms with Crippen LogP contribution in [0.25, 0.3) is 6.08 Å². The molecule has 42 heavy (non-hydrogen) atoms. The van der Waals surface area contributed by atoms with Gasteiger partial charge in [-0.1, -0.05) is 29.5 Å². The number of benzene rings is 3. The van der Waals surface area contributed by atoms with Gasteiger partial charge in [0.2, 0.25) is 0 Å². The molecule has 0 bridgehead atoms. The number of nitrogens with zero attached hydrogens (tertiary/aromatic N) is 2. The first kappa shape index (κ1) is 28.7. The summed E-state index contributed by atoms with van der Waals surface area (Å²) in [5, 5.41) is 9.83. The fraction of sp³-hybridized carbons (Fsp3) is 0.194. The summed E-state index contributed by atoms with van der Waals surface area (Å²) in [6.45, 7) is 3.47. The SMILES string of the molecule is CCOC(=O)C1=C(C)N=c2s/c(=C/c3ccc(OC)c(COc4ccc(F)cc4F)c3)c(=O)n2[C@H]1c1ccc(O)cc1. The summed E-state index contributed by atoms with van der Waals surface area (Å²) in [7, 11) is 1.49. The Morgan fingerprint density at radius 3 is 2.52 bits per heavy atom. The maximum Gasteiger partial charge on any atom is 0.338 e. The molecule has 0 spiro atoms. The van der Waals surface area contributed by atoms with Gasteiger partial charge in [-0.3, -0.25) is 9.36 Å². The Bertz CT molecular complexity index is 1880. The van der Waals surface area contributed by atoms with E-state index in [9.17, 15) is 23.5 Å². The van der Waals surface area contributed by atoms with Gasteiger partial charge in [0, 0.05) is 11.6 Å². The molecule has 4 aromatic rings. The number of phenols is 1. The van der Waals surface area contributed by atoms with Crippen LogP contribution in [0.2, 0.25) is 0 Å². The number of hydrogen-bond donors (Lipinski definition) is 1. The number of rotatable bonds is 8. The van der Waals surface area contributed by atoms with Gasteiger partial charge in [0.05, 0.1) is 35.6 Å². The third-order valence-corrected chi connectivity index (χ3v) is 7.59. The fourth-order valence-corrected chi connectivity index (χ4v) is 5.71. The van der Waals surface area contributed by atoms with Crippen molar-refractivity contribution < 1.29 is 32.9 Å². The number of thiazole rings is 1. The highest BCUT2D eigenvalue weighted by molar-refractivity contribution is 7.07. The molecule has 11 heteroatoms. The second-order valence-corrected chi connectivity index (χ2v) is 10.3. The minimum absolute atomic E-state index is 0.0472. The molecule has 1 N–H and O–H groups in total. The van der Waals surface area contributed by atoms with Crippen LogP contribution in [0, 0.1) is 11.6 Å². The first-order valence-corrected chi connectivity index (χ1v) is 13.7. The number of phenolic OH excluding ortho intramolecular Hbond substituents is 1. The molecule has 0 fully saturated rings. The van der Waals surface area contributed by atoms with E-state index in [1.54, 1.807) is 50.3 Å². The zero-order valence-electron chi connectivity index (χ0n) is 22.9. The topological polar surface area (TPSA) is 99.4 Å². The Morgan fingerprint density at radius 2 is 1.83 bits per heavy atom. The summed E-state index contributed by atoms with van der Waals surface area (Å²) in [6.07, 6.45) is 1.68. The van der Waals surface area contributed by atoms with E-state index in [1.165, 1.54) is 29.9 Å². The molecule has 1 aliphatic heterocycles. The van der Waals surface area contributed by atoms with Gasteiger partial charge < -0.3 is 19.3 Å². The van der Waals surface area contributed by atoms with Crippen LogP contribution in [-0.2, 0) is 16.1 Å². The predicted octanol–water partition coefficient (Wildman–Crippen LogP) is 4.37. The molecule has 8 nitrogen and oxygen atoms in total. The summed E-state index contributed by atoms with van der Waals surface area (Å²) in [6, 6.07) is 13.7. The van der Waals surface area contributed by atoms with Crippen molar-refractivity contribution in [3.8, 4) is 17.2 Å². The molecule has 5 rings (SSSR count). The van der Waals surface area contributed by atoms with Gasteiger partial charge in [0.15, 0.2) is 16.4 Å². The lowest BCUT2D eigenvalue weighted by Gasteiger charge is -2.24. The highest BCUT2D eigenvalue weighted by atomic mass is 32.1. The number of fused-ring (bicyclic) bond motifs is 1. The molecule has 0 saturated heterocycles. The van der Waals surface area contributed by atoms with Gasteiger partial charge >= 0.3 is 5.97 Å². The van der Waals surface area contributed by atoms with E-state index >= 15 is 0 Å². The van der Waals surface area contributed by atoms with E-state index in [1.807, 2.05) is 0 Å². The number of halogens is 2. The average molecular weight is 593 g/mol. The Balaban J connectivity index is 1.57. The van der Waals surface area contributed by atoms with Crippen LogP contribution in [-0.4, -0.2) is 29.4 Å². The number of carbonyl (C=O) groups is 1. The zero-order chi connectivity index (χ0) is 30.0. The van der Waals surface area contributed by atoms with Crippen molar-refractivity contribution in [2.24, 2.45) is 4.99 Å². The maximum absolute atomic E-state index is 14.1. The third-order valence-electron chi connectivity index (χ3n) is 6.61. The first-order chi connectivity index (χ1) is 20.2. The Hall–Kier alpha value is -4.77. The fourth-order valence-electron chi connectivity index (χ4n) is 4.66. The number of carbonyl (C=O) groups excluding carboxylic acids is 1. The maximum atomic E-state index is 14.1. The van der Waals surface area contributed by atoms with E-state index in [0.717, 1.165) is 23.5 Å². The largest absolute Gasteiger partial charge is 0.508 e. The van der Waals surface area contributed by atoms with Crippen LogP contribution in [0.4, 0.5) is 8.78 Å². The van der Waals surface area contributed by atoms with Crippen molar-refractivity contribution in [1.82, 2.24) is 4.57 Å². The predicted molar refractivity (Wildman–Crippen MR) is 152 cm³/mol. The molecule has 0 saturated carbocycles. The molecule has 1 atom stereocenters. The third kappa shape index (κ3) is 5.68. The molecular formula is C31H26F2N2O6S. The van der Waals surface area contributed by atoms with Crippen LogP contribution < -0.4 is 24.4 Å². The van der Waals surface area contributed by atoms with Crippen molar-refractivity contribution in [3.63, 3.8) is 0 Å². The van der Waals surface area contributed by atoms with Crippen molar-refractivity contribution >= 4 is 23.4 Å². The summed E-state index contributed by atoms with van der Waals surface area (Å²) < 4.78 is 45.5. The van der Waals surface area contributed by atoms with Gasteiger partial charge in [-0.15, -0.1) is 0 Å². The van der Waals surface area contributed by atoms with Crippen molar-refractivity contribution in [2.75, 3.05) is 13.7 Å². The standard InChI is InChI=1S/C31H26F2N2O6S/c1-4-40-30(38)27-17(2)34-31-35(28(27)19-6-9-22(36)10-7-19)29(37)26(42-31)14-18-5-11-24(39-3)20(13-18)16-41-25-12-8-21(32)15-23(25)33/h5-15,28,36H,4,16H2,1-3H3/b26-14+/t28-/m0/s1. The van der Waals surface area contributed by atoms with Gasteiger partial charge in [0.1, 0.15) is 23.9 Å². The lowest BCUT2D eigenvalue weighted by atomic mass is 9.96. The first-order valence-electron chi connectivity index (χ1n) is 12.9. The molecule has 3 aromatic carbocycles. The molecular weight excluding hydrogens is 566 g/mol. The monoisotopic (exact) mass is 592 g/mol. The number of hydrogen-bond acceptors (Lipinski definition) is 8. The van der Waals surface area contributed by atoms with Gasteiger partial charge in [-0.25, -0.2) is 18.6 Å². The van der Waals surface area contributed by atoms with Gasteiger partial charge in [-0.2, -0.15) is 0 Å². The van der Waals surface area contributed by atoms with Crippen molar-refractivity contribution in [1.29, 1.82) is 0 Å². The number of ether oxygens (including phenoxy) is 3. The molecule has 1 aliphatic rings. The lowest BCUT2D eigenvalue weighted by Crippen LogP contribution is -2.39. The normalized spacial score (nSPS) is 14.8. The molecule has 216 valence electrons. The molecule has 0 aliphatic carbocycles. The van der Waals surface area contributed by atoms with E-state index in [-0.39, 0.29) is 35.8 Å². The highest BCUT2D eigenvalue weighted by Gasteiger charge is 2.33. The number of methoxy groups -OCH3 is 1. The van der Waals surface area contributed by atoms with Crippen LogP contribution >= 0.6 is 11.3 Å². The second kappa shape index (κ2) is 12.0. The van der Waals surface area contributed by atoms with E-state index in [4.69, 9.17) is 14.2 Å². The molecule has 0 amide bonds. The van der Waals surface area contributed by atoms with Crippen LogP contribution in [0.1, 0.15) is 36.6 Å². The van der Waals surface area contributed by atoms with E-state index in [0.29, 0.717) is 37.5 Å². The van der Waals surface area contributed by atoms with Crippen molar-refractivity contribution in [3.05, 3.63) is 120 Å². The van der Waals surface area contributed by atoms with Crippen LogP contribution in [0.15, 0.2) is 81.7 Å². The average Bonchev–Trinajstić information content (AvgIpc) is 3.26. The summed E-state index contributed by atoms with van der Waals surface area (Å²) in [5.74, 6) is -1.70. The van der Waals surface area contributed by atoms with Gasteiger partial charge in [0.25, 0.3) is 5.56 Å². The Kier molecular flexibility index (Phi) is 8.21. The Morgan fingerprint density at radius 1 is 1.10 bits per heavy atom. The van der Waals surface area contributed by atoms with E-state index in [2.05, 4.69) is 4.99 Å². The van der Waals surface area contributed by atoms with E-state index < -0.39 is 23.6 Å². The van der Waals surface area contributed by atoms with Crippen LogP contribution in [0.3, 0.4) is 0 Å². The summed E-state index contributed by atoms with van der Waals surface area (Å²) in [5.41, 5.74) is 2.12. The van der Waals surface area contributed by atoms with Crippen molar-refractivity contribution in [2.45, 2.75) is 26.5 Å². The quantitative estimate of drug-likeness (QED) is 0.305. The van der Waals surface area contributed by atoms with Crippen LogP contribution in [0.5, 0.6) is 17.2 Å². The molecule has 1 aromatic heterocycles. The zero-order valence-corrected chi connectivity index (χ0v) is 23.7. The Labute approximate surface area is 243 Å². The summed E-state index contributed by atoms with van der Waals surface area (Å²) >= 11 is 1.16. The smallest absolute Gasteiger partial charge is 0.338 e. The second-order valence-electron chi connectivity index (χ2n) is 9.33.